The van der Waals surface area contributed by atoms with E-state index in [9.17, 15) is 0 Å². The molecule has 0 amide bonds. The van der Waals surface area contributed by atoms with Gasteiger partial charge in [0.25, 0.3) is 0 Å². The number of allylic oxidation sites excluding steroid dienone is 5. The molecule has 1 heteroatoms. The first kappa shape index (κ1) is 12.7. The Labute approximate surface area is 126 Å². The Morgan fingerprint density at radius 3 is 2.90 bits per heavy atom. The molecule has 0 fully saturated rings. The Kier molecular flexibility index (Phi) is 2.88. The first-order chi connectivity index (χ1) is 10.2. The first-order valence-corrected chi connectivity index (χ1v) is 7.93. The number of aryl methyl sites for hydroxylation is 2. The molecule has 2 aromatic rings. The summed E-state index contributed by atoms with van der Waals surface area (Å²) >= 11 is 0. The van der Waals surface area contributed by atoms with E-state index in [1.165, 1.54) is 33.4 Å². The highest BCUT2D eigenvalue weighted by molar-refractivity contribution is 5.93. The van der Waals surface area contributed by atoms with E-state index in [0.29, 0.717) is 5.92 Å². The zero-order valence-electron chi connectivity index (χ0n) is 12.8. The van der Waals surface area contributed by atoms with Gasteiger partial charge in [-0.05, 0) is 61.4 Å². The maximum atomic E-state index is 2.46. The Balaban J connectivity index is 2.06. The van der Waals surface area contributed by atoms with Gasteiger partial charge in [-0.15, -0.1) is 0 Å². The van der Waals surface area contributed by atoms with E-state index in [2.05, 4.69) is 67.0 Å². The van der Waals surface area contributed by atoms with Crippen LogP contribution in [0.3, 0.4) is 0 Å². The van der Waals surface area contributed by atoms with Gasteiger partial charge >= 0.3 is 0 Å². The van der Waals surface area contributed by atoms with Crippen molar-refractivity contribution in [2.24, 2.45) is 5.92 Å². The molecule has 0 aliphatic heterocycles. The van der Waals surface area contributed by atoms with Crippen molar-refractivity contribution >= 4 is 22.7 Å². The van der Waals surface area contributed by atoms with Crippen molar-refractivity contribution in [3.63, 3.8) is 0 Å². The van der Waals surface area contributed by atoms with Gasteiger partial charge in [-0.3, -0.25) is 0 Å². The molecular weight excluding hydrogens is 254 g/mol. The van der Waals surface area contributed by atoms with E-state index in [1.807, 2.05) is 0 Å². The molecule has 1 aromatic heterocycles. The molecule has 0 bridgehead atoms. The van der Waals surface area contributed by atoms with Crippen molar-refractivity contribution in [2.45, 2.75) is 33.1 Å². The van der Waals surface area contributed by atoms with Gasteiger partial charge in [-0.2, -0.15) is 0 Å². The lowest BCUT2D eigenvalue weighted by Gasteiger charge is -2.17. The summed E-state index contributed by atoms with van der Waals surface area (Å²) in [5.74, 6) is 0.621. The maximum Gasteiger partial charge on any atom is 0.0540 e. The zero-order chi connectivity index (χ0) is 14.4. The van der Waals surface area contributed by atoms with Gasteiger partial charge in [0.1, 0.15) is 0 Å². The average molecular weight is 275 g/mol. The van der Waals surface area contributed by atoms with Crippen molar-refractivity contribution in [3.8, 4) is 0 Å². The summed E-state index contributed by atoms with van der Waals surface area (Å²) in [5.41, 5.74) is 6.91. The van der Waals surface area contributed by atoms with Gasteiger partial charge in [0.2, 0.25) is 0 Å². The molecular formula is C20H21N. The molecule has 106 valence electrons. The normalized spacial score (nSPS) is 20.7. The molecule has 0 N–H and O–H groups in total. The van der Waals surface area contributed by atoms with E-state index >= 15 is 0 Å². The lowest BCUT2D eigenvalue weighted by Crippen LogP contribution is -2.05. The van der Waals surface area contributed by atoms with Crippen LogP contribution >= 0.6 is 0 Å². The zero-order valence-corrected chi connectivity index (χ0v) is 12.8. The molecule has 1 atom stereocenters. The monoisotopic (exact) mass is 275 g/mol. The Hall–Kier alpha value is -2.02. The van der Waals surface area contributed by atoms with E-state index in [-0.39, 0.29) is 0 Å². The van der Waals surface area contributed by atoms with E-state index in [0.717, 1.165) is 19.3 Å². The summed E-state index contributed by atoms with van der Waals surface area (Å²) < 4.78 is 2.46. The third-order valence-electron chi connectivity index (χ3n) is 4.62. The molecule has 1 aromatic carbocycles. The van der Waals surface area contributed by atoms with Crippen LogP contribution in [-0.2, 0) is 6.42 Å². The standard InChI is InChI=1S/C20H21N/c1-14-6-5-7-16(12-14)21-19-9-4-3-8-17(19)18-11-10-15(2)13-20(18)21/h4-5,7,9-14H,3,6,8H2,1-2H3/t14-/m1/s1. The minimum absolute atomic E-state index is 0.621. The third-order valence-corrected chi connectivity index (χ3v) is 4.62. The fraction of sp³-hybridized carbons (Fsp3) is 0.300. The molecule has 0 unspecified atom stereocenters. The summed E-state index contributed by atoms with van der Waals surface area (Å²) in [7, 11) is 0. The predicted molar refractivity (Wildman–Crippen MR) is 91.2 cm³/mol. The summed E-state index contributed by atoms with van der Waals surface area (Å²) in [6, 6.07) is 6.87. The lowest BCUT2D eigenvalue weighted by atomic mass is 10.00. The molecule has 2 aliphatic carbocycles. The minimum Gasteiger partial charge on any atom is -0.310 e. The Morgan fingerprint density at radius 1 is 1.14 bits per heavy atom. The SMILES string of the molecule is Cc1ccc2c3c(n(C4=C[C@H](C)CC=C4)c2c1)C=CCC3. The quantitative estimate of drug-likeness (QED) is 0.661. The van der Waals surface area contributed by atoms with Crippen molar-refractivity contribution in [1.29, 1.82) is 0 Å². The molecule has 0 spiro atoms. The molecule has 4 rings (SSSR count). The fourth-order valence-corrected chi connectivity index (χ4v) is 3.59. The summed E-state index contributed by atoms with van der Waals surface area (Å²) in [6.07, 6.45) is 15.1. The molecule has 0 saturated heterocycles. The van der Waals surface area contributed by atoms with E-state index in [4.69, 9.17) is 0 Å². The predicted octanol–water partition coefficient (Wildman–Crippen LogP) is 5.35. The highest BCUT2D eigenvalue weighted by Crippen LogP contribution is 2.35. The van der Waals surface area contributed by atoms with Gasteiger partial charge in [-0.25, -0.2) is 0 Å². The van der Waals surface area contributed by atoms with Crippen LogP contribution in [0, 0.1) is 12.8 Å². The van der Waals surface area contributed by atoms with Crippen LogP contribution in [-0.4, -0.2) is 4.57 Å². The largest absolute Gasteiger partial charge is 0.310 e. The number of rotatable bonds is 1. The van der Waals surface area contributed by atoms with Crippen molar-refractivity contribution in [2.75, 3.05) is 0 Å². The Morgan fingerprint density at radius 2 is 2.05 bits per heavy atom. The van der Waals surface area contributed by atoms with E-state index < -0.39 is 0 Å². The van der Waals surface area contributed by atoms with Crippen molar-refractivity contribution in [3.05, 3.63) is 59.3 Å². The minimum atomic E-state index is 0.621. The van der Waals surface area contributed by atoms with Crippen molar-refractivity contribution in [1.82, 2.24) is 4.57 Å². The summed E-state index contributed by atoms with van der Waals surface area (Å²) in [5, 5.41) is 1.42. The number of aromatic nitrogens is 1. The van der Waals surface area contributed by atoms with Crippen LogP contribution < -0.4 is 0 Å². The smallest absolute Gasteiger partial charge is 0.0540 e. The summed E-state index contributed by atoms with van der Waals surface area (Å²) in [6.45, 7) is 4.47. The summed E-state index contributed by atoms with van der Waals surface area (Å²) in [4.78, 5) is 0. The van der Waals surface area contributed by atoms with Gasteiger partial charge in [0, 0.05) is 16.8 Å². The second kappa shape index (κ2) is 4.77. The van der Waals surface area contributed by atoms with E-state index in [1.54, 1.807) is 0 Å². The van der Waals surface area contributed by atoms with Gasteiger partial charge in [0.05, 0.1) is 5.52 Å². The topological polar surface area (TPSA) is 4.93 Å². The highest BCUT2D eigenvalue weighted by atomic mass is 15.0. The second-order valence-electron chi connectivity index (χ2n) is 6.37. The fourth-order valence-electron chi connectivity index (χ4n) is 3.59. The molecule has 0 radical (unpaired) electrons. The van der Waals surface area contributed by atoms with Crippen LogP contribution in [0.25, 0.3) is 22.7 Å². The molecule has 1 nitrogen and oxygen atoms in total. The number of fused-ring (bicyclic) bond motifs is 3. The second-order valence-corrected chi connectivity index (χ2v) is 6.37. The number of hydrogen-bond acceptors (Lipinski definition) is 0. The van der Waals surface area contributed by atoms with Crippen LogP contribution in [0.2, 0.25) is 0 Å². The van der Waals surface area contributed by atoms with Gasteiger partial charge < -0.3 is 4.57 Å². The molecule has 0 saturated carbocycles. The number of hydrogen-bond donors (Lipinski definition) is 0. The van der Waals surface area contributed by atoms with Crippen LogP contribution in [0.4, 0.5) is 0 Å². The molecule has 2 aliphatic rings. The average Bonchev–Trinajstić information content (AvgIpc) is 2.80. The highest BCUT2D eigenvalue weighted by Gasteiger charge is 2.19. The van der Waals surface area contributed by atoms with Crippen LogP contribution in [0.1, 0.15) is 36.6 Å². The number of benzene rings is 1. The number of nitrogens with zero attached hydrogens (tertiary/aromatic N) is 1. The van der Waals surface area contributed by atoms with Crippen molar-refractivity contribution < 1.29 is 0 Å². The van der Waals surface area contributed by atoms with Crippen LogP contribution in [0.5, 0.6) is 0 Å². The van der Waals surface area contributed by atoms with Gasteiger partial charge in [-0.1, -0.05) is 37.3 Å². The third kappa shape index (κ3) is 1.99. The molecule has 1 heterocycles. The first-order valence-electron chi connectivity index (χ1n) is 7.93. The van der Waals surface area contributed by atoms with Gasteiger partial charge in [0.15, 0.2) is 0 Å². The molecule has 21 heavy (non-hydrogen) atoms. The van der Waals surface area contributed by atoms with Crippen LogP contribution in [0.15, 0.2) is 42.5 Å². The lowest BCUT2D eigenvalue weighted by molar-refractivity contribution is 0.734. The maximum absolute atomic E-state index is 2.46. The Bertz CT molecular complexity index is 799.